The van der Waals surface area contributed by atoms with E-state index >= 15 is 0 Å². The second-order valence-corrected chi connectivity index (χ2v) is 4.74. The average molecular weight is 234 g/mol. The molecule has 0 radical (unpaired) electrons. The normalized spacial score (nSPS) is 11.2. The van der Waals surface area contributed by atoms with Gasteiger partial charge >= 0.3 is 0 Å². The number of aromatic nitrogens is 1. The standard InChI is InChI=1S/C13H18N2S/c1-3-15-12(9-16-2)7-10-5-4-6-11(8-14)13(10)15/h4-7H,3,8-9,14H2,1-2H3. The number of nitrogens with two attached hydrogens (primary N) is 1. The molecule has 0 fully saturated rings. The molecule has 16 heavy (non-hydrogen) atoms. The summed E-state index contributed by atoms with van der Waals surface area (Å²) in [6.45, 7) is 3.81. The van der Waals surface area contributed by atoms with E-state index in [1.54, 1.807) is 0 Å². The highest BCUT2D eigenvalue weighted by Gasteiger charge is 2.09. The molecule has 2 rings (SSSR count). The van der Waals surface area contributed by atoms with Crippen molar-refractivity contribution < 1.29 is 0 Å². The Bertz CT molecular complexity index is 488. The summed E-state index contributed by atoms with van der Waals surface area (Å²) in [5.41, 5.74) is 9.76. The van der Waals surface area contributed by atoms with Gasteiger partial charge in [0.15, 0.2) is 0 Å². The molecular weight excluding hydrogens is 216 g/mol. The van der Waals surface area contributed by atoms with Crippen LogP contribution in [-0.2, 0) is 18.8 Å². The topological polar surface area (TPSA) is 30.9 Å². The van der Waals surface area contributed by atoms with Crippen LogP contribution >= 0.6 is 11.8 Å². The number of hydrogen-bond acceptors (Lipinski definition) is 2. The van der Waals surface area contributed by atoms with Crippen molar-refractivity contribution in [3.63, 3.8) is 0 Å². The third-order valence-corrected chi connectivity index (χ3v) is 3.50. The number of para-hydroxylation sites is 1. The van der Waals surface area contributed by atoms with Gasteiger partial charge in [-0.05, 0) is 24.8 Å². The Labute approximate surface area is 101 Å². The Morgan fingerprint density at radius 3 is 2.81 bits per heavy atom. The number of fused-ring (bicyclic) bond motifs is 1. The van der Waals surface area contributed by atoms with Crippen molar-refractivity contribution in [1.29, 1.82) is 0 Å². The van der Waals surface area contributed by atoms with Gasteiger partial charge in [-0.1, -0.05) is 18.2 Å². The number of benzene rings is 1. The highest BCUT2D eigenvalue weighted by molar-refractivity contribution is 7.97. The third kappa shape index (κ3) is 1.85. The summed E-state index contributed by atoms with van der Waals surface area (Å²) in [6, 6.07) is 8.67. The zero-order valence-corrected chi connectivity index (χ0v) is 10.7. The zero-order chi connectivity index (χ0) is 11.5. The molecule has 2 aromatic rings. The van der Waals surface area contributed by atoms with E-state index in [-0.39, 0.29) is 0 Å². The predicted molar refractivity (Wildman–Crippen MR) is 72.7 cm³/mol. The van der Waals surface area contributed by atoms with E-state index in [9.17, 15) is 0 Å². The maximum atomic E-state index is 5.80. The largest absolute Gasteiger partial charge is 0.344 e. The van der Waals surface area contributed by atoms with Crippen molar-refractivity contribution in [2.75, 3.05) is 6.26 Å². The first-order chi connectivity index (χ1) is 7.81. The van der Waals surface area contributed by atoms with Crippen molar-refractivity contribution in [2.24, 2.45) is 5.73 Å². The molecule has 1 aromatic carbocycles. The molecule has 0 unspecified atom stereocenters. The lowest BCUT2D eigenvalue weighted by Crippen LogP contribution is -2.04. The minimum absolute atomic E-state index is 0.611. The molecule has 0 aliphatic carbocycles. The van der Waals surface area contributed by atoms with Crippen molar-refractivity contribution in [1.82, 2.24) is 4.57 Å². The average Bonchev–Trinajstić information content (AvgIpc) is 2.66. The quantitative estimate of drug-likeness (QED) is 0.881. The summed E-state index contributed by atoms with van der Waals surface area (Å²) in [5, 5.41) is 1.31. The number of thioether (sulfide) groups is 1. The van der Waals surface area contributed by atoms with Gasteiger partial charge in [-0.15, -0.1) is 0 Å². The lowest BCUT2D eigenvalue weighted by molar-refractivity contribution is 0.761. The maximum Gasteiger partial charge on any atom is 0.0528 e. The van der Waals surface area contributed by atoms with Crippen LogP contribution in [0, 0.1) is 0 Å². The SMILES string of the molecule is CCn1c(CSC)cc2cccc(CN)c21. The van der Waals surface area contributed by atoms with Crippen LogP contribution in [-0.4, -0.2) is 10.8 Å². The molecule has 86 valence electrons. The summed E-state index contributed by atoms with van der Waals surface area (Å²) in [6.07, 6.45) is 2.14. The van der Waals surface area contributed by atoms with Gasteiger partial charge in [0.1, 0.15) is 0 Å². The Morgan fingerprint density at radius 2 is 2.19 bits per heavy atom. The molecule has 3 heteroatoms. The van der Waals surface area contributed by atoms with E-state index in [1.165, 1.54) is 22.2 Å². The fraction of sp³-hybridized carbons (Fsp3) is 0.385. The van der Waals surface area contributed by atoms with Gasteiger partial charge < -0.3 is 10.3 Å². The predicted octanol–water partition coefficient (Wildman–Crippen LogP) is 2.98. The monoisotopic (exact) mass is 234 g/mol. The van der Waals surface area contributed by atoms with E-state index in [4.69, 9.17) is 5.73 Å². The van der Waals surface area contributed by atoms with E-state index in [0.29, 0.717) is 6.54 Å². The highest BCUT2D eigenvalue weighted by atomic mass is 32.2. The molecular formula is C13H18N2S. The van der Waals surface area contributed by atoms with Crippen molar-refractivity contribution >= 4 is 22.7 Å². The van der Waals surface area contributed by atoms with E-state index < -0.39 is 0 Å². The molecule has 0 amide bonds. The summed E-state index contributed by atoms with van der Waals surface area (Å²) in [4.78, 5) is 0. The van der Waals surface area contributed by atoms with Gasteiger partial charge in [0.25, 0.3) is 0 Å². The fourth-order valence-corrected chi connectivity index (χ4v) is 2.79. The van der Waals surface area contributed by atoms with Crippen LogP contribution in [0.4, 0.5) is 0 Å². The zero-order valence-electron chi connectivity index (χ0n) is 9.86. The van der Waals surface area contributed by atoms with Gasteiger partial charge in [-0.25, -0.2) is 0 Å². The van der Waals surface area contributed by atoms with Crippen LogP contribution < -0.4 is 5.73 Å². The second-order valence-electron chi connectivity index (χ2n) is 3.87. The number of nitrogens with zero attached hydrogens (tertiary/aromatic N) is 1. The summed E-state index contributed by atoms with van der Waals surface area (Å²) >= 11 is 1.86. The molecule has 0 aliphatic rings. The highest BCUT2D eigenvalue weighted by Crippen LogP contribution is 2.25. The lowest BCUT2D eigenvalue weighted by atomic mass is 10.1. The van der Waals surface area contributed by atoms with Crippen LogP contribution in [0.5, 0.6) is 0 Å². The molecule has 0 spiro atoms. The van der Waals surface area contributed by atoms with Crippen molar-refractivity contribution in [2.45, 2.75) is 25.8 Å². The minimum Gasteiger partial charge on any atom is -0.344 e. The van der Waals surface area contributed by atoms with Gasteiger partial charge in [0, 0.05) is 29.9 Å². The minimum atomic E-state index is 0.611. The third-order valence-electron chi connectivity index (χ3n) is 2.92. The second kappa shape index (κ2) is 4.93. The first kappa shape index (κ1) is 11.6. The first-order valence-corrected chi connectivity index (χ1v) is 7.00. The first-order valence-electron chi connectivity index (χ1n) is 5.60. The lowest BCUT2D eigenvalue weighted by Gasteiger charge is -2.09. The molecule has 0 bridgehead atoms. The molecule has 0 atom stereocenters. The van der Waals surface area contributed by atoms with Crippen LogP contribution in [0.25, 0.3) is 10.9 Å². The Hall–Kier alpha value is -0.930. The molecule has 2 N–H and O–H groups in total. The van der Waals surface area contributed by atoms with Gasteiger partial charge in [-0.3, -0.25) is 0 Å². The molecule has 2 nitrogen and oxygen atoms in total. The van der Waals surface area contributed by atoms with Gasteiger partial charge in [0.2, 0.25) is 0 Å². The number of aryl methyl sites for hydroxylation is 1. The molecule has 0 saturated heterocycles. The van der Waals surface area contributed by atoms with E-state index in [1.807, 2.05) is 11.8 Å². The Balaban J connectivity index is 2.67. The Morgan fingerprint density at radius 1 is 1.38 bits per heavy atom. The summed E-state index contributed by atoms with van der Waals surface area (Å²) in [7, 11) is 0. The van der Waals surface area contributed by atoms with Crippen molar-refractivity contribution in [3.05, 3.63) is 35.5 Å². The number of rotatable bonds is 4. The van der Waals surface area contributed by atoms with E-state index in [0.717, 1.165) is 12.3 Å². The van der Waals surface area contributed by atoms with E-state index in [2.05, 4.69) is 42.0 Å². The molecule has 0 aliphatic heterocycles. The van der Waals surface area contributed by atoms with Gasteiger partial charge in [-0.2, -0.15) is 11.8 Å². The van der Waals surface area contributed by atoms with Crippen LogP contribution in [0.3, 0.4) is 0 Å². The summed E-state index contributed by atoms with van der Waals surface area (Å²) < 4.78 is 2.38. The van der Waals surface area contributed by atoms with Crippen molar-refractivity contribution in [3.8, 4) is 0 Å². The maximum absolute atomic E-state index is 5.80. The molecule has 0 saturated carbocycles. The fourth-order valence-electron chi connectivity index (χ4n) is 2.25. The van der Waals surface area contributed by atoms with Gasteiger partial charge in [0.05, 0.1) is 5.52 Å². The smallest absolute Gasteiger partial charge is 0.0528 e. The van der Waals surface area contributed by atoms with Crippen LogP contribution in [0.1, 0.15) is 18.2 Å². The van der Waals surface area contributed by atoms with Crippen LogP contribution in [0.2, 0.25) is 0 Å². The van der Waals surface area contributed by atoms with Crippen LogP contribution in [0.15, 0.2) is 24.3 Å². The number of hydrogen-bond donors (Lipinski definition) is 1. The summed E-state index contributed by atoms with van der Waals surface area (Å²) in [5.74, 6) is 1.06. The molecule has 1 heterocycles. The molecule has 1 aromatic heterocycles. The Kier molecular flexibility index (Phi) is 3.56.